The van der Waals surface area contributed by atoms with Gasteiger partial charge >= 0.3 is 0 Å². The summed E-state index contributed by atoms with van der Waals surface area (Å²) in [5.74, 6) is 4.05. The Bertz CT molecular complexity index is 856. The second-order valence-electron chi connectivity index (χ2n) is 9.52. The minimum absolute atomic E-state index is 0.0950. The second-order valence-corrected chi connectivity index (χ2v) is 10.6. The van der Waals surface area contributed by atoms with E-state index in [1.165, 1.54) is 43.4 Å². The zero-order chi connectivity index (χ0) is 18.8. The molecule has 3 nitrogen and oxygen atoms in total. The summed E-state index contributed by atoms with van der Waals surface area (Å²) in [6.07, 6.45) is 7.44. The summed E-state index contributed by atoms with van der Waals surface area (Å²) in [5, 5.41) is 3.66. The number of carbonyl (C=O) groups excluding carboxylic acids is 1. The zero-order valence-electron chi connectivity index (χ0n) is 16.0. The topological polar surface area (TPSA) is 42.0 Å². The van der Waals surface area contributed by atoms with Gasteiger partial charge in [-0.3, -0.25) is 4.79 Å². The Morgan fingerprint density at radius 1 is 1.19 bits per heavy atom. The van der Waals surface area contributed by atoms with E-state index >= 15 is 0 Å². The van der Waals surface area contributed by atoms with E-state index in [1.807, 2.05) is 12.1 Å². The van der Waals surface area contributed by atoms with Crippen molar-refractivity contribution in [2.75, 3.05) is 5.32 Å². The van der Waals surface area contributed by atoms with Crippen LogP contribution in [0.3, 0.4) is 0 Å². The number of rotatable bonds is 4. The van der Waals surface area contributed by atoms with E-state index in [0.29, 0.717) is 23.0 Å². The normalized spacial score (nSPS) is 32.2. The lowest BCUT2D eigenvalue weighted by Gasteiger charge is -2.54. The number of aromatic nitrogens is 1. The molecule has 0 unspecified atom stereocenters. The number of thiazole rings is 1. The Labute approximate surface area is 163 Å². The second kappa shape index (κ2) is 6.26. The van der Waals surface area contributed by atoms with Crippen LogP contribution in [-0.4, -0.2) is 10.9 Å². The average Bonchev–Trinajstić information content (AvgIpc) is 2.98. The van der Waals surface area contributed by atoms with Crippen molar-refractivity contribution in [2.24, 2.45) is 29.6 Å². The van der Waals surface area contributed by atoms with Crippen LogP contribution in [0.15, 0.2) is 18.2 Å². The lowest BCUT2D eigenvalue weighted by molar-refractivity contribution is -0.121. The molecule has 0 radical (unpaired) electrons. The Morgan fingerprint density at radius 3 is 2.48 bits per heavy atom. The number of carbonyl (C=O) groups is 1. The van der Waals surface area contributed by atoms with Crippen LogP contribution in [0.5, 0.6) is 0 Å². The van der Waals surface area contributed by atoms with Crippen molar-refractivity contribution in [3.05, 3.63) is 23.8 Å². The van der Waals surface area contributed by atoms with Crippen LogP contribution in [-0.2, 0) is 10.5 Å². The van der Waals surface area contributed by atoms with Gasteiger partial charge in [0.2, 0.25) is 5.91 Å². The summed E-state index contributed by atoms with van der Waals surface area (Å²) in [6.45, 7) is 3.12. The molecule has 2 aromatic rings. The van der Waals surface area contributed by atoms with Crippen LogP contribution in [0.1, 0.15) is 57.9 Å². The number of nitrogens with zero attached hydrogens (tertiary/aromatic N) is 1. The molecule has 4 bridgehead atoms. The van der Waals surface area contributed by atoms with Gasteiger partial charge in [0.05, 0.1) is 10.2 Å². The van der Waals surface area contributed by atoms with E-state index in [-0.39, 0.29) is 5.91 Å². The molecule has 0 saturated heterocycles. The van der Waals surface area contributed by atoms with Crippen molar-refractivity contribution in [1.82, 2.24) is 4.98 Å². The van der Waals surface area contributed by atoms with Crippen LogP contribution in [0.25, 0.3) is 10.2 Å². The number of anilines is 1. The van der Waals surface area contributed by atoms with Crippen LogP contribution in [0.4, 0.5) is 9.52 Å². The van der Waals surface area contributed by atoms with Gasteiger partial charge in [-0.25, -0.2) is 9.37 Å². The molecule has 4 aliphatic carbocycles. The monoisotopic (exact) mass is 386 g/mol. The van der Waals surface area contributed by atoms with Crippen LogP contribution >= 0.6 is 11.3 Å². The quantitative estimate of drug-likeness (QED) is 0.710. The van der Waals surface area contributed by atoms with Gasteiger partial charge in [0.25, 0.3) is 0 Å². The van der Waals surface area contributed by atoms with Gasteiger partial charge in [-0.2, -0.15) is 0 Å². The fourth-order valence-electron chi connectivity index (χ4n) is 6.10. The third-order valence-corrected chi connectivity index (χ3v) is 8.10. The highest BCUT2D eigenvalue weighted by atomic mass is 32.1. The van der Waals surface area contributed by atoms with E-state index in [2.05, 4.69) is 10.3 Å². The molecule has 27 heavy (non-hydrogen) atoms. The van der Waals surface area contributed by atoms with Gasteiger partial charge in [-0.1, -0.05) is 17.4 Å². The van der Waals surface area contributed by atoms with Crippen LogP contribution in [0.2, 0.25) is 0 Å². The van der Waals surface area contributed by atoms with Crippen LogP contribution in [0, 0.1) is 29.6 Å². The first kappa shape index (κ1) is 17.6. The molecule has 4 aliphatic rings. The molecule has 6 rings (SSSR count). The van der Waals surface area contributed by atoms with Crippen LogP contribution < -0.4 is 5.32 Å². The van der Waals surface area contributed by atoms with Gasteiger partial charge < -0.3 is 5.32 Å². The van der Waals surface area contributed by atoms with Crippen molar-refractivity contribution >= 4 is 32.6 Å². The van der Waals surface area contributed by atoms with Gasteiger partial charge in [0.15, 0.2) is 5.13 Å². The summed E-state index contributed by atoms with van der Waals surface area (Å²) >= 11 is 1.44. The number of hydrogen-bond donors (Lipinski definition) is 1. The van der Waals surface area contributed by atoms with Crippen molar-refractivity contribution in [1.29, 1.82) is 0 Å². The van der Waals surface area contributed by atoms with E-state index in [1.54, 1.807) is 19.9 Å². The summed E-state index contributed by atoms with van der Waals surface area (Å²) in [4.78, 5) is 17.2. The summed E-state index contributed by atoms with van der Waals surface area (Å²) in [5.41, 5.74) is 0.0872. The number of amides is 1. The highest BCUT2D eigenvalue weighted by Gasteiger charge is 2.48. The predicted octanol–water partition coefficient (Wildman–Crippen LogP) is 5.90. The highest BCUT2D eigenvalue weighted by molar-refractivity contribution is 7.22. The van der Waals surface area contributed by atoms with Crippen molar-refractivity contribution in [3.63, 3.8) is 0 Å². The first-order valence-corrected chi connectivity index (χ1v) is 11.1. The number of alkyl halides is 1. The molecule has 5 heteroatoms. The summed E-state index contributed by atoms with van der Waals surface area (Å²) in [6, 6.07) is 5.47. The number of fused-ring (bicyclic) bond motifs is 1. The van der Waals surface area contributed by atoms with Gasteiger partial charge in [-0.05, 0) is 93.2 Å². The molecule has 0 spiro atoms. The Hall–Kier alpha value is -1.49. The predicted molar refractivity (Wildman–Crippen MR) is 108 cm³/mol. The Balaban J connectivity index is 1.28. The maximum absolute atomic E-state index is 14.2. The molecule has 1 aromatic heterocycles. The standard InChI is InChI=1S/C22H27FN2OS/c1-22(2,23)16-3-4-18-19(10-16)27-21(24-18)25-20(26)11-17-14-6-12-5-13(8-14)9-15(17)7-12/h3-4,10,12-15,17H,5-9,11H2,1-2H3,(H,24,25,26). The molecule has 0 atom stereocenters. The molecule has 1 aromatic carbocycles. The smallest absolute Gasteiger partial charge is 0.226 e. The van der Waals surface area contributed by atoms with Gasteiger partial charge in [0, 0.05) is 6.42 Å². The maximum atomic E-state index is 14.2. The molecule has 4 saturated carbocycles. The summed E-state index contributed by atoms with van der Waals surface area (Å²) < 4.78 is 15.1. The van der Waals surface area contributed by atoms with Crippen molar-refractivity contribution in [3.8, 4) is 0 Å². The third kappa shape index (κ3) is 3.28. The number of nitrogens with one attached hydrogen (secondary N) is 1. The lowest BCUT2D eigenvalue weighted by atomic mass is 9.51. The first-order valence-electron chi connectivity index (χ1n) is 10.2. The largest absolute Gasteiger partial charge is 0.302 e. The third-order valence-electron chi connectivity index (χ3n) is 7.16. The Kier molecular flexibility index (Phi) is 4.08. The van der Waals surface area contributed by atoms with E-state index in [4.69, 9.17) is 0 Å². The van der Waals surface area contributed by atoms with Crippen molar-refractivity contribution in [2.45, 2.75) is 58.0 Å². The fourth-order valence-corrected chi connectivity index (χ4v) is 7.02. The molecule has 144 valence electrons. The Morgan fingerprint density at radius 2 is 1.85 bits per heavy atom. The molecular formula is C22H27FN2OS. The van der Waals surface area contributed by atoms with Crippen molar-refractivity contribution < 1.29 is 9.18 Å². The SMILES string of the molecule is CC(C)(F)c1ccc2nc(NC(=O)CC3C4CC5CC(C4)CC3C5)sc2c1. The first-order chi connectivity index (χ1) is 12.8. The summed E-state index contributed by atoms with van der Waals surface area (Å²) in [7, 11) is 0. The minimum atomic E-state index is -1.37. The average molecular weight is 387 g/mol. The number of hydrogen-bond acceptors (Lipinski definition) is 3. The molecule has 1 N–H and O–H groups in total. The van der Waals surface area contributed by atoms with E-state index in [9.17, 15) is 9.18 Å². The van der Waals surface area contributed by atoms with Gasteiger partial charge in [0.1, 0.15) is 5.67 Å². The molecular weight excluding hydrogens is 359 g/mol. The highest BCUT2D eigenvalue weighted by Crippen LogP contribution is 2.57. The minimum Gasteiger partial charge on any atom is -0.302 e. The fraction of sp³-hybridized carbons (Fsp3) is 0.636. The molecule has 4 fully saturated rings. The number of benzene rings is 1. The lowest BCUT2D eigenvalue weighted by Crippen LogP contribution is -2.46. The molecule has 1 amide bonds. The van der Waals surface area contributed by atoms with E-state index in [0.717, 1.165) is 33.9 Å². The number of halogens is 1. The van der Waals surface area contributed by atoms with Gasteiger partial charge in [-0.15, -0.1) is 0 Å². The van der Waals surface area contributed by atoms with E-state index < -0.39 is 5.67 Å². The maximum Gasteiger partial charge on any atom is 0.226 e. The zero-order valence-corrected chi connectivity index (χ0v) is 16.8. The molecule has 1 heterocycles. The molecule has 0 aliphatic heterocycles.